The lowest BCUT2D eigenvalue weighted by molar-refractivity contribution is 1.05. The number of fused-ring (bicyclic) bond motifs is 13. The molecule has 0 aliphatic rings. The van der Waals surface area contributed by atoms with Gasteiger partial charge in [0.05, 0.1) is 56.7 Å². The van der Waals surface area contributed by atoms with E-state index in [9.17, 15) is 0 Å². The zero-order valence-electron chi connectivity index (χ0n) is 24.0. The smallest absolute Gasteiger partial charge is 0.137 e. The van der Waals surface area contributed by atoms with Crippen LogP contribution in [-0.4, -0.2) is 23.5 Å². The van der Waals surface area contributed by atoms with Crippen molar-refractivity contribution in [1.82, 2.24) is 23.5 Å². The van der Waals surface area contributed by atoms with E-state index in [1.807, 2.05) is 18.6 Å². The Morgan fingerprint density at radius 1 is 0.422 bits per heavy atom. The Labute approximate surface area is 256 Å². The maximum Gasteiger partial charge on any atom is 0.137 e. The second-order valence-electron chi connectivity index (χ2n) is 11.9. The Morgan fingerprint density at radius 3 is 1.73 bits per heavy atom. The van der Waals surface area contributed by atoms with E-state index >= 15 is 0 Å². The molecule has 0 radical (unpaired) electrons. The van der Waals surface area contributed by atoms with Crippen LogP contribution >= 0.6 is 0 Å². The van der Waals surface area contributed by atoms with Crippen molar-refractivity contribution in [3.05, 3.63) is 140 Å². The minimum atomic E-state index is 0.895. The number of rotatable bonds is 2. The largest absolute Gasteiger partial charge is 0.308 e. The summed E-state index contributed by atoms with van der Waals surface area (Å²) in [5.74, 6) is 0.895. The van der Waals surface area contributed by atoms with E-state index in [2.05, 4.69) is 140 Å². The van der Waals surface area contributed by atoms with Crippen molar-refractivity contribution in [1.29, 1.82) is 0 Å². The zero-order chi connectivity index (χ0) is 29.2. The number of nitrogens with zero attached hydrogens (tertiary/aromatic N) is 5. The minimum Gasteiger partial charge on any atom is -0.308 e. The molecule has 5 aromatic carbocycles. The third-order valence-corrected chi connectivity index (χ3v) is 9.70. The Bertz CT molecular complexity index is 2920. The van der Waals surface area contributed by atoms with Crippen molar-refractivity contribution < 1.29 is 0 Å². The van der Waals surface area contributed by atoms with Crippen LogP contribution in [0.2, 0.25) is 0 Å². The molecule has 6 aromatic heterocycles. The fourth-order valence-electron chi connectivity index (χ4n) is 7.93. The molecule has 0 aliphatic heterocycles. The van der Waals surface area contributed by atoms with Gasteiger partial charge in [-0.05, 0) is 48.5 Å². The topological polar surface area (TPSA) is 40.0 Å². The monoisotopic (exact) mass is 573 g/mol. The molecular weight excluding hydrogens is 550 g/mol. The SMILES string of the molecule is c1ccc2c(c1)c1ccncc1n2-c1ccc(-n2c3ccccc3c3cc4c5ccccc5n5c6ccccc6c(c32)c45)nc1. The van der Waals surface area contributed by atoms with Gasteiger partial charge in [0.1, 0.15) is 5.82 Å². The molecule has 11 aromatic rings. The third kappa shape index (κ3) is 2.83. The zero-order valence-corrected chi connectivity index (χ0v) is 24.0. The summed E-state index contributed by atoms with van der Waals surface area (Å²) in [6.07, 6.45) is 5.80. The van der Waals surface area contributed by atoms with Crippen molar-refractivity contribution in [3.8, 4) is 11.5 Å². The molecule has 208 valence electrons. The molecule has 0 atom stereocenters. The molecule has 6 heterocycles. The van der Waals surface area contributed by atoms with Gasteiger partial charge in [-0.2, -0.15) is 0 Å². The van der Waals surface area contributed by atoms with Crippen LogP contribution in [0, 0.1) is 0 Å². The summed E-state index contributed by atoms with van der Waals surface area (Å²) in [5, 5.41) is 9.96. The number of hydrogen-bond donors (Lipinski definition) is 0. The number of aromatic nitrogens is 5. The van der Waals surface area contributed by atoms with E-state index in [0.29, 0.717) is 0 Å². The third-order valence-electron chi connectivity index (χ3n) is 9.70. The van der Waals surface area contributed by atoms with Crippen LogP contribution in [0.25, 0.3) is 93.2 Å². The van der Waals surface area contributed by atoms with Gasteiger partial charge >= 0.3 is 0 Å². The molecule has 0 N–H and O–H groups in total. The summed E-state index contributed by atoms with van der Waals surface area (Å²) in [5.41, 5.74) is 9.31. The van der Waals surface area contributed by atoms with Crippen LogP contribution in [0.15, 0.2) is 140 Å². The van der Waals surface area contributed by atoms with E-state index < -0.39 is 0 Å². The van der Waals surface area contributed by atoms with Crippen LogP contribution < -0.4 is 0 Å². The lowest BCUT2D eigenvalue weighted by atomic mass is 10.0. The molecule has 0 spiro atoms. The van der Waals surface area contributed by atoms with Crippen molar-refractivity contribution in [2.45, 2.75) is 0 Å². The average molecular weight is 574 g/mol. The van der Waals surface area contributed by atoms with Crippen LogP contribution in [0.1, 0.15) is 0 Å². The average Bonchev–Trinajstić information content (AvgIpc) is 3.82. The first-order valence-electron chi connectivity index (χ1n) is 15.3. The highest BCUT2D eigenvalue weighted by Crippen LogP contribution is 2.46. The molecule has 5 heteroatoms. The molecule has 5 nitrogen and oxygen atoms in total. The normalized spacial score (nSPS) is 12.4. The van der Waals surface area contributed by atoms with Gasteiger partial charge in [0.25, 0.3) is 0 Å². The predicted molar refractivity (Wildman–Crippen MR) is 185 cm³/mol. The van der Waals surface area contributed by atoms with E-state index in [1.165, 1.54) is 65.2 Å². The second-order valence-corrected chi connectivity index (χ2v) is 11.9. The molecule has 0 unspecified atom stereocenters. The van der Waals surface area contributed by atoms with E-state index in [1.54, 1.807) is 0 Å². The molecule has 0 aliphatic carbocycles. The number of benzene rings is 5. The molecule has 0 fully saturated rings. The lowest BCUT2D eigenvalue weighted by Gasteiger charge is -2.11. The Hall–Kier alpha value is -6.20. The van der Waals surface area contributed by atoms with Crippen LogP contribution in [-0.2, 0) is 0 Å². The van der Waals surface area contributed by atoms with Crippen molar-refractivity contribution in [2.24, 2.45) is 0 Å². The van der Waals surface area contributed by atoms with Gasteiger partial charge in [-0.1, -0.05) is 72.8 Å². The van der Waals surface area contributed by atoms with E-state index in [-0.39, 0.29) is 0 Å². The van der Waals surface area contributed by atoms with E-state index in [4.69, 9.17) is 4.98 Å². The highest BCUT2D eigenvalue weighted by Gasteiger charge is 2.24. The summed E-state index contributed by atoms with van der Waals surface area (Å²) in [7, 11) is 0. The number of para-hydroxylation sites is 4. The number of hydrogen-bond acceptors (Lipinski definition) is 2. The fraction of sp³-hybridized carbons (Fsp3) is 0. The maximum absolute atomic E-state index is 5.18. The van der Waals surface area contributed by atoms with E-state index in [0.717, 1.165) is 28.1 Å². The van der Waals surface area contributed by atoms with Gasteiger partial charge < -0.3 is 8.97 Å². The van der Waals surface area contributed by atoms with Crippen molar-refractivity contribution in [2.75, 3.05) is 0 Å². The standard InChI is InChI=1S/C40H23N5/c1-5-13-32-25(9-1)28-19-20-41-23-36(28)43(32)24-17-18-37(42-22-24)45-34-15-7-3-11-27(34)31-21-30-26-10-2-6-14-33(26)44-35-16-8-4-12-29(35)38(39(30)44)40(31)45/h1-23H. The van der Waals surface area contributed by atoms with Gasteiger partial charge in [-0.15, -0.1) is 0 Å². The van der Waals surface area contributed by atoms with Gasteiger partial charge in [-0.3, -0.25) is 9.55 Å². The minimum absolute atomic E-state index is 0.895. The summed E-state index contributed by atoms with van der Waals surface area (Å²) in [6, 6.07) is 43.7. The first-order chi connectivity index (χ1) is 22.4. The van der Waals surface area contributed by atoms with Crippen LogP contribution in [0.4, 0.5) is 0 Å². The Balaban J connectivity index is 1.26. The van der Waals surface area contributed by atoms with Gasteiger partial charge in [0.2, 0.25) is 0 Å². The molecule has 0 bridgehead atoms. The molecule has 45 heavy (non-hydrogen) atoms. The van der Waals surface area contributed by atoms with Crippen molar-refractivity contribution >= 4 is 81.7 Å². The predicted octanol–water partition coefficient (Wildman–Crippen LogP) is 9.82. The molecular formula is C40H23N5. The highest BCUT2D eigenvalue weighted by molar-refractivity contribution is 6.34. The van der Waals surface area contributed by atoms with Crippen molar-refractivity contribution in [3.63, 3.8) is 0 Å². The van der Waals surface area contributed by atoms with Crippen LogP contribution in [0.3, 0.4) is 0 Å². The maximum atomic E-state index is 5.18. The Morgan fingerprint density at radius 2 is 1.00 bits per heavy atom. The van der Waals surface area contributed by atoms with Gasteiger partial charge in [0, 0.05) is 49.3 Å². The fourth-order valence-corrected chi connectivity index (χ4v) is 7.93. The molecule has 0 amide bonds. The van der Waals surface area contributed by atoms with Gasteiger partial charge in [-0.25, -0.2) is 4.98 Å². The summed E-state index contributed by atoms with van der Waals surface area (Å²) in [6.45, 7) is 0. The quantitative estimate of drug-likeness (QED) is 0.207. The molecule has 0 saturated heterocycles. The summed E-state index contributed by atoms with van der Waals surface area (Å²) in [4.78, 5) is 9.63. The van der Waals surface area contributed by atoms with Gasteiger partial charge in [0.15, 0.2) is 0 Å². The Kier molecular flexibility index (Phi) is 4.26. The number of pyridine rings is 2. The van der Waals surface area contributed by atoms with Crippen LogP contribution in [0.5, 0.6) is 0 Å². The summed E-state index contributed by atoms with van der Waals surface area (Å²) < 4.78 is 7.07. The lowest BCUT2D eigenvalue weighted by Crippen LogP contribution is -2.00. The summed E-state index contributed by atoms with van der Waals surface area (Å²) >= 11 is 0. The first kappa shape index (κ1) is 23.3. The molecule has 0 saturated carbocycles. The molecule has 11 rings (SSSR count). The highest BCUT2D eigenvalue weighted by atomic mass is 15.1. The second kappa shape index (κ2) is 8.24. The first-order valence-corrected chi connectivity index (χ1v) is 15.3.